The maximum absolute atomic E-state index is 11.6. The standard InChI is InChI=1S/C23H28N4O2S/c1-2-11-27(23(28)29)17-8-5-15(6-9-17)19-14-25-20-13-16(7-10-18(19)20)26-22(24)21-4-3-12-30-21/h3-4,7,10,12-15,17,25H,2,5-6,8-9,11H2,1H3,(H2,24,26)(H,28,29). The number of nitrogens with one attached hydrogen (secondary N) is 1. The Hall–Kier alpha value is -2.80. The predicted molar refractivity (Wildman–Crippen MR) is 123 cm³/mol. The van der Waals surface area contributed by atoms with E-state index in [0.717, 1.165) is 48.2 Å². The molecule has 1 amide bonds. The van der Waals surface area contributed by atoms with Crippen molar-refractivity contribution in [1.29, 1.82) is 0 Å². The van der Waals surface area contributed by atoms with Crippen molar-refractivity contribution in [3.8, 4) is 0 Å². The first-order valence-electron chi connectivity index (χ1n) is 10.6. The van der Waals surface area contributed by atoms with E-state index in [0.29, 0.717) is 18.3 Å². The lowest BCUT2D eigenvalue weighted by atomic mass is 9.81. The van der Waals surface area contributed by atoms with E-state index in [2.05, 4.69) is 22.2 Å². The van der Waals surface area contributed by atoms with Crippen LogP contribution in [0.4, 0.5) is 10.5 Å². The minimum atomic E-state index is -0.790. The molecule has 1 aliphatic rings. The number of hydrogen-bond acceptors (Lipinski definition) is 3. The van der Waals surface area contributed by atoms with Crippen molar-refractivity contribution >= 4 is 39.9 Å². The number of aromatic nitrogens is 1. The zero-order valence-corrected chi connectivity index (χ0v) is 18.0. The number of nitrogens with zero attached hydrogens (tertiary/aromatic N) is 2. The second-order valence-corrected chi connectivity index (χ2v) is 8.88. The molecule has 0 bridgehead atoms. The van der Waals surface area contributed by atoms with Gasteiger partial charge in [0, 0.05) is 29.7 Å². The molecule has 1 saturated carbocycles. The van der Waals surface area contributed by atoms with Crippen LogP contribution in [0.5, 0.6) is 0 Å². The van der Waals surface area contributed by atoms with Crippen LogP contribution in [0.3, 0.4) is 0 Å². The second kappa shape index (κ2) is 8.92. The quantitative estimate of drug-likeness (QED) is 0.351. The van der Waals surface area contributed by atoms with Gasteiger partial charge in [-0.05, 0) is 67.2 Å². The third kappa shape index (κ3) is 4.21. The number of amidine groups is 1. The third-order valence-corrected chi connectivity index (χ3v) is 6.90. The first-order chi connectivity index (χ1) is 14.6. The Labute approximate surface area is 180 Å². The van der Waals surface area contributed by atoms with E-state index in [1.54, 1.807) is 16.2 Å². The number of thiophene rings is 1. The van der Waals surface area contributed by atoms with E-state index in [9.17, 15) is 9.90 Å². The summed E-state index contributed by atoms with van der Waals surface area (Å²) in [6, 6.07) is 10.3. The lowest BCUT2D eigenvalue weighted by Crippen LogP contribution is -2.41. The smallest absolute Gasteiger partial charge is 0.407 e. The fourth-order valence-corrected chi connectivity index (χ4v) is 5.16. The first kappa shape index (κ1) is 20.5. The maximum atomic E-state index is 11.6. The minimum Gasteiger partial charge on any atom is -0.465 e. The van der Waals surface area contributed by atoms with Gasteiger partial charge in [0.2, 0.25) is 0 Å². The molecule has 0 unspecified atom stereocenters. The van der Waals surface area contributed by atoms with Crippen LogP contribution in [0.25, 0.3) is 10.9 Å². The summed E-state index contributed by atoms with van der Waals surface area (Å²) in [5.74, 6) is 0.988. The van der Waals surface area contributed by atoms with Gasteiger partial charge in [-0.1, -0.05) is 19.1 Å². The summed E-state index contributed by atoms with van der Waals surface area (Å²) >= 11 is 1.58. The molecule has 4 N–H and O–H groups in total. The number of rotatable bonds is 6. The fourth-order valence-electron chi connectivity index (χ4n) is 4.54. The Balaban J connectivity index is 1.48. The van der Waals surface area contributed by atoms with E-state index in [1.165, 1.54) is 10.9 Å². The van der Waals surface area contributed by atoms with E-state index >= 15 is 0 Å². The number of nitrogens with two attached hydrogens (primary N) is 1. The molecule has 0 aliphatic heterocycles. The van der Waals surface area contributed by atoms with Crippen molar-refractivity contribution < 1.29 is 9.90 Å². The zero-order valence-electron chi connectivity index (χ0n) is 17.2. The minimum absolute atomic E-state index is 0.144. The molecule has 7 heteroatoms. The van der Waals surface area contributed by atoms with Gasteiger partial charge in [-0.15, -0.1) is 11.3 Å². The Kier molecular flexibility index (Phi) is 6.08. The Morgan fingerprint density at radius 1 is 1.30 bits per heavy atom. The third-order valence-electron chi connectivity index (χ3n) is 6.01. The monoisotopic (exact) mass is 424 g/mol. The number of carboxylic acid groups (broad SMARTS) is 1. The highest BCUT2D eigenvalue weighted by Crippen LogP contribution is 2.38. The Morgan fingerprint density at radius 2 is 2.10 bits per heavy atom. The number of H-pyrrole nitrogens is 1. The lowest BCUT2D eigenvalue weighted by molar-refractivity contribution is 0.108. The number of amides is 1. The highest BCUT2D eigenvalue weighted by atomic mass is 32.1. The summed E-state index contributed by atoms with van der Waals surface area (Å²) in [5, 5.41) is 12.7. The number of carbonyl (C=O) groups is 1. The number of hydrogen-bond donors (Lipinski definition) is 3. The van der Waals surface area contributed by atoms with Crippen LogP contribution >= 0.6 is 11.3 Å². The van der Waals surface area contributed by atoms with Gasteiger partial charge >= 0.3 is 6.09 Å². The highest BCUT2D eigenvalue weighted by Gasteiger charge is 2.29. The van der Waals surface area contributed by atoms with Gasteiger partial charge in [0.1, 0.15) is 5.84 Å². The van der Waals surface area contributed by atoms with Crippen LogP contribution in [0, 0.1) is 0 Å². The van der Waals surface area contributed by atoms with Crippen molar-refractivity contribution in [2.45, 2.75) is 51.0 Å². The van der Waals surface area contributed by atoms with Crippen LogP contribution < -0.4 is 5.73 Å². The molecular weight excluding hydrogens is 396 g/mol. The molecule has 1 fully saturated rings. The van der Waals surface area contributed by atoms with Crippen LogP contribution in [-0.4, -0.2) is 39.5 Å². The Morgan fingerprint density at radius 3 is 2.77 bits per heavy atom. The first-order valence-corrected chi connectivity index (χ1v) is 11.4. The summed E-state index contributed by atoms with van der Waals surface area (Å²) < 4.78 is 0. The van der Waals surface area contributed by atoms with Crippen LogP contribution in [-0.2, 0) is 0 Å². The normalized spacial score (nSPS) is 19.8. The molecule has 3 aromatic rings. The molecule has 2 aromatic heterocycles. The summed E-state index contributed by atoms with van der Waals surface area (Å²) in [4.78, 5) is 22.1. The van der Waals surface area contributed by atoms with Crippen LogP contribution in [0.2, 0.25) is 0 Å². The molecule has 0 radical (unpaired) electrons. The van der Waals surface area contributed by atoms with Crippen LogP contribution in [0.15, 0.2) is 46.9 Å². The molecule has 0 spiro atoms. The molecular formula is C23H28N4O2S. The molecule has 0 saturated heterocycles. The van der Waals surface area contributed by atoms with Crippen LogP contribution in [0.1, 0.15) is 55.4 Å². The van der Waals surface area contributed by atoms with Crippen molar-refractivity contribution in [1.82, 2.24) is 9.88 Å². The van der Waals surface area contributed by atoms with Gasteiger partial charge in [0.25, 0.3) is 0 Å². The van der Waals surface area contributed by atoms with Gasteiger partial charge < -0.3 is 20.7 Å². The molecule has 1 aliphatic carbocycles. The van der Waals surface area contributed by atoms with E-state index in [4.69, 9.17) is 5.73 Å². The average Bonchev–Trinajstić information content (AvgIpc) is 3.42. The number of fused-ring (bicyclic) bond motifs is 1. The van der Waals surface area contributed by atoms with Crippen molar-refractivity contribution in [2.24, 2.45) is 10.7 Å². The summed E-state index contributed by atoms with van der Waals surface area (Å²) in [6.45, 7) is 2.65. The van der Waals surface area contributed by atoms with Gasteiger partial charge in [-0.2, -0.15) is 0 Å². The summed E-state index contributed by atoms with van der Waals surface area (Å²) in [7, 11) is 0. The van der Waals surface area contributed by atoms with Gasteiger partial charge in [-0.25, -0.2) is 9.79 Å². The SMILES string of the molecule is CCCN(C(=O)O)C1CCC(c2c[nH]c3cc(N=C(N)c4cccs4)ccc23)CC1. The van der Waals surface area contributed by atoms with Gasteiger partial charge in [0.05, 0.1) is 10.6 Å². The van der Waals surface area contributed by atoms with E-state index < -0.39 is 6.09 Å². The maximum Gasteiger partial charge on any atom is 0.407 e. The van der Waals surface area contributed by atoms with Gasteiger partial charge in [0.15, 0.2) is 0 Å². The van der Waals surface area contributed by atoms with Crippen molar-refractivity contribution in [2.75, 3.05) is 6.54 Å². The van der Waals surface area contributed by atoms with Gasteiger partial charge in [-0.3, -0.25) is 0 Å². The molecule has 0 atom stereocenters. The largest absolute Gasteiger partial charge is 0.465 e. The number of aliphatic imine (C=N–C) groups is 1. The fraction of sp³-hybridized carbons (Fsp3) is 0.391. The molecule has 2 heterocycles. The average molecular weight is 425 g/mol. The summed E-state index contributed by atoms with van der Waals surface area (Å²) in [6.07, 6.45) is 6.03. The zero-order chi connectivity index (χ0) is 21.1. The van der Waals surface area contributed by atoms with E-state index in [1.807, 2.05) is 36.6 Å². The molecule has 4 rings (SSSR count). The summed E-state index contributed by atoms with van der Waals surface area (Å²) in [5.41, 5.74) is 9.34. The van der Waals surface area contributed by atoms with Crippen molar-refractivity contribution in [3.63, 3.8) is 0 Å². The lowest BCUT2D eigenvalue weighted by Gasteiger charge is -2.35. The second-order valence-electron chi connectivity index (χ2n) is 7.93. The number of aromatic amines is 1. The Bertz CT molecular complexity index is 1030. The highest BCUT2D eigenvalue weighted by molar-refractivity contribution is 7.12. The molecule has 6 nitrogen and oxygen atoms in total. The number of benzene rings is 1. The predicted octanol–water partition coefficient (Wildman–Crippen LogP) is 5.68. The molecule has 30 heavy (non-hydrogen) atoms. The molecule has 1 aromatic carbocycles. The van der Waals surface area contributed by atoms with E-state index in [-0.39, 0.29) is 6.04 Å². The van der Waals surface area contributed by atoms with Crippen molar-refractivity contribution in [3.05, 3.63) is 52.3 Å². The topological polar surface area (TPSA) is 94.7 Å². The molecule has 158 valence electrons.